The fourth-order valence-electron chi connectivity index (χ4n) is 2.35. The number of nitrogens with one attached hydrogen (secondary N) is 2. The highest BCUT2D eigenvalue weighted by atomic mass is 35.5. The van der Waals surface area contributed by atoms with E-state index in [0.29, 0.717) is 28.4 Å². The van der Waals surface area contributed by atoms with Crippen LogP contribution in [0.25, 0.3) is 0 Å². The first-order valence-corrected chi connectivity index (χ1v) is 8.27. The molecule has 0 saturated heterocycles. The van der Waals surface area contributed by atoms with E-state index in [0.717, 1.165) is 11.3 Å². The van der Waals surface area contributed by atoms with Crippen molar-refractivity contribution in [1.29, 1.82) is 5.26 Å². The molecular formula is C20H15ClN4O. The monoisotopic (exact) mass is 362 g/mol. The fourth-order valence-corrected chi connectivity index (χ4v) is 2.48. The van der Waals surface area contributed by atoms with Crippen molar-refractivity contribution in [3.05, 3.63) is 88.7 Å². The van der Waals surface area contributed by atoms with Gasteiger partial charge in [-0.25, -0.2) is 0 Å². The molecule has 0 aliphatic carbocycles. The van der Waals surface area contributed by atoms with Gasteiger partial charge in [0.2, 0.25) is 0 Å². The second kappa shape index (κ2) is 8.15. The Kier molecular flexibility index (Phi) is 5.47. The van der Waals surface area contributed by atoms with Gasteiger partial charge in [-0.3, -0.25) is 9.78 Å². The van der Waals surface area contributed by atoms with Crippen molar-refractivity contribution in [2.24, 2.45) is 0 Å². The molecule has 1 heterocycles. The summed E-state index contributed by atoms with van der Waals surface area (Å²) in [6, 6.07) is 18.1. The molecule has 0 aliphatic rings. The summed E-state index contributed by atoms with van der Waals surface area (Å²) in [4.78, 5) is 16.6. The first-order chi connectivity index (χ1) is 12.7. The number of aromatic nitrogens is 1. The van der Waals surface area contributed by atoms with Crippen molar-refractivity contribution in [2.45, 2.75) is 6.54 Å². The molecule has 3 rings (SSSR count). The SMILES string of the molecule is N#Cc1ccccc1NC(=O)c1cncc(NCc2ccc(Cl)cc2)c1. The molecule has 0 spiro atoms. The fraction of sp³-hybridized carbons (Fsp3) is 0.0500. The van der Waals surface area contributed by atoms with E-state index in [9.17, 15) is 4.79 Å². The summed E-state index contributed by atoms with van der Waals surface area (Å²) < 4.78 is 0. The van der Waals surface area contributed by atoms with Gasteiger partial charge in [0.25, 0.3) is 5.91 Å². The van der Waals surface area contributed by atoms with Crippen LogP contribution in [-0.2, 0) is 6.54 Å². The van der Waals surface area contributed by atoms with Crippen molar-refractivity contribution in [1.82, 2.24) is 4.98 Å². The molecule has 0 atom stereocenters. The van der Waals surface area contributed by atoms with Crippen LogP contribution < -0.4 is 10.6 Å². The average Bonchev–Trinajstić information content (AvgIpc) is 2.68. The summed E-state index contributed by atoms with van der Waals surface area (Å²) in [7, 11) is 0. The number of rotatable bonds is 5. The molecule has 26 heavy (non-hydrogen) atoms. The highest BCUT2D eigenvalue weighted by molar-refractivity contribution is 6.30. The molecular weight excluding hydrogens is 348 g/mol. The molecule has 0 saturated carbocycles. The molecule has 0 radical (unpaired) electrons. The number of nitrogens with zero attached hydrogens (tertiary/aromatic N) is 2. The van der Waals surface area contributed by atoms with E-state index in [1.807, 2.05) is 24.3 Å². The summed E-state index contributed by atoms with van der Waals surface area (Å²) in [5.41, 5.74) is 3.07. The van der Waals surface area contributed by atoms with E-state index in [1.165, 1.54) is 6.20 Å². The zero-order chi connectivity index (χ0) is 18.4. The van der Waals surface area contributed by atoms with E-state index in [4.69, 9.17) is 16.9 Å². The van der Waals surface area contributed by atoms with Gasteiger partial charge in [0.05, 0.1) is 22.5 Å². The van der Waals surface area contributed by atoms with E-state index in [-0.39, 0.29) is 5.91 Å². The van der Waals surface area contributed by atoms with E-state index in [2.05, 4.69) is 21.7 Å². The second-order valence-electron chi connectivity index (χ2n) is 5.55. The highest BCUT2D eigenvalue weighted by Crippen LogP contribution is 2.17. The van der Waals surface area contributed by atoms with Crippen LogP contribution >= 0.6 is 11.6 Å². The zero-order valence-electron chi connectivity index (χ0n) is 13.7. The Hall–Kier alpha value is -3.36. The molecule has 0 bridgehead atoms. The minimum atomic E-state index is -0.324. The number of carbonyl (C=O) groups is 1. The summed E-state index contributed by atoms with van der Waals surface area (Å²) in [6.45, 7) is 0.585. The number of amides is 1. The van der Waals surface area contributed by atoms with E-state index in [1.54, 1.807) is 36.5 Å². The Morgan fingerprint density at radius 1 is 1.12 bits per heavy atom. The van der Waals surface area contributed by atoms with Crippen molar-refractivity contribution in [3.63, 3.8) is 0 Å². The van der Waals surface area contributed by atoms with Gasteiger partial charge >= 0.3 is 0 Å². The predicted molar refractivity (Wildman–Crippen MR) is 102 cm³/mol. The normalized spacial score (nSPS) is 10.0. The Labute approximate surface area is 156 Å². The first-order valence-electron chi connectivity index (χ1n) is 7.89. The highest BCUT2D eigenvalue weighted by Gasteiger charge is 2.10. The van der Waals surface area contributed by atoms with Crippen molar-refractivity contribution >= 4 is 28.9 Å². The lowest BCUT2D eigenvalue weighted by Gasteiger charge is -2.09. The molecule has 3 aromatic rings. The zero-order valence-corrected chi connectivity index (χ0v) is 14.5. The number of para-hydroxylation sites is 1. The van der Waals surface area contributed by atoms with Gasteiger partial charge < -0.3 is 10.6 Å². The Bertz CT molecular complexity index is 964. The number of carbonyl (C=O) groups excluding carboxylic acids is 1. The number of hydrogen-bond acceptors (Lipinski definition) is 4. The van der Waals surface area contributed by atoms with Crippen LogP contribution in [0.5, 0.6) is 0 Å². The summed E-state index contributed by atoms with van der Waals surface area (Å²) in [6.07, 6.45) is 3.13. The maximum Gasteiger partial charge on any atom is 0.257 e. The van der Waals surface area contributed by atoms with Gasteiger partial charge in [0, 0.05) is 24.0 Å². The van der Waals surface area contributed by atoms with Crippen LogP contribution in [0.4, 0.5) is 11.4 Å². The molecule has 128 valence electrons. The minimum Gasteiger partial charge on any atom is -0.380 e. The quantitative estimate of drug-likeness (QED) is 0.701. The third kappa shape index (κ3) is 4.38. The number of pyridine rings is 1. The third-order valence-corrected chi connectivity index (χ3v) is 3.96. The van der Waals surface area contributed by atoms with Crippen LogP contribution in [0.1, 0.15) is 21.5 Å². The molecule has 2 aromatic carbocycles. The molecule has 1 aromatic heterocycles. The van der Waals surface area contributed by atoms with Crippen molar-refractivity contribution < 1.29 is 4.79 Å². The number of hydrogen-bond donors (Lipinski definition) is 2. The lowest BCUT2D eigenvalue weighted by atomic mass is 10.1. The van der Waals surface area contributed by atoms with Gasteiger partial charge in [-0.05, 0) is 35.9 Å². The number of nitriles is 1. The van der Waals surface area contributed by atoms with Crippen LogP contribution in [-0.4, -0.2) is 10.9 Å². The van der Waals surface area contributed by atoms with Gasteiger partial charge in [0.15, 0.2) is 0 Å². The topological polar surface area (TPSA) is 77.8 Å². The van der Waals surface area contributed by atoms with Gasteiger partial charge in [0.1, 0.15) is 6.07 Å². The predicted octanol–water partition coefficient (Wildman–Crippen LogP) is 4.47. The standard InChI is InChI=1S/C20H15ClN4O/c21-17-7-5-14(6-8-17)11-24-18-9-16(12-23-13-18)20(26)25-19-4-2-1-3-15(19)10-22/h1-9,12-13,24H,11H2,(H,25,26). The first kappa shape index (κ1) is 17.5. The van der Waals surface area contributed by atoms with Crippen LogP contribution in [0, 0.1) is 11.3 Å². The molecule has 0 aliphatic heterocycles. The van der Waals surface area contributed by atoms with Crippen molar-refractivity contribution in [2.75, 3.05) is 10.6 Å². The van der Waals surface area contributed by atoms with Crippen LogP contribution in [0.2, 0.25) is 5.02 Å². The Morgan fingerprint density at radius 2 is 1.88 bits per heavy atom. The number of benzene rings is 2. The smallest absolute Gasteiger partial charge is 0.257 e. The third-order valence-electron chi connectivity index (χ3n) is 3.71. The number of anilines is 2. The molecule has 6 heteroatoms. The van der Waals surface area contributed by atoms with E-state index >= 15 is 0 Å². The number of halogens is 1. The van der Waals surface area contributed by atoms with Crippen molar-refractivity contribution in [3.8, 4) is 6.07 Å². The molecule has 5 nitrogen and oxygen atoms in total. The lowest BCUT2D eigenvalue weighted by molar-refractivity contribution is 0.102. The largest absolute Gasteiger partial charge is 0.380 e. The summed E-state index contributed by atoms with van der Waals surface area (Å²) in [5.74, 6) is -0.324. The molecule has 0 fully saturated rings. The van der Waals surface area contributed by atoms with Gasteiger partial charge in [-0.2, -0.15) is 5.26 Å². The van der Waals surface area contributed by atoms with Gasteiger partial charge in [-0.15, -0.1) is 0 Å². The van der Waals surface area contributed by atoms with Crippen LogP contribution in [0.15, 0.2) is 67.0 Å². The minimum absolute atomic E-state index is 0.324. The molecule has 2 N–H and O–H groups in total. The van der Waals surface area contributed by atoms with E-state index < -0.39 is 0 Å². The van der Waals surface area contributed by atoms with Crippen LogP contribution in [0.3, 0.4) is 0 Å². The maximum atomic E-state index is 12.4. The summed E-state index contributed by atoms with van der Waals surface area (Å²) >= 11 is 5.88. The maximum absolute atomic E-state index is 12.4. The lowest BCUT2D eigenvalue weighted by Crippen LogP contribution is -2.13. The Morgan fingerprint density at radius 3 is 2.65 bits per heavy atom. The summed E-state index contributed by atoms with van der Waals surface area (Å²) in [5, 5.41) is 15.8. The average molecular weight is 363 g/mol. The van der Waals surface area contributed by atoms with Gasteiger partial charge in [-0.1, -0.05) is 35.9 Å². The molecule has 0 unspecified atom stereocenters. The second-order valence-corrected chi connectivity index (χ2v) is 5.99. The molecule has 1 amide bonds. The Balaban J connectivity index is 1.69.